The number of amides is 2. The van der Waals surface area contributed by atoms with Gasteiger partial charge < -0.3 is 19.9 Å². The largest absolute Gasteiger partial charge is 0.455 e. The molecule has 1 unspecified atom stereocenters. The summed E-state index contributed by atoms with van der Waals surface area (Å²) >= 11 is 6.20. The third kappa shape index (κ3) is 4.70. The molecule has 1 aromatic heterocycles. The van der Waals surface area contributed by atoms with E-state index in [9.17, 15) is 9.59 Å². The van der Waals surface area contributed by atoms with Crippen molar-refractivity contribution in [2.45, 2.75) is 18.9 Å². The Morgan fingerprint density at radius 2 is 1.79 bits per heavy atom. The Morgan fingerprint density at radius 1 is 1.00 bits per heavy atom. The molecule has 5 rings (SSSR count). The van der Waals surface area contributed by atoms with Crippen molar-refractivity contribution in [1.29, 1.82) is 0 Å². The number of nitrogens with zero attached hydrogens (tertiary/aromatic N) is 3. The van der Waals surface area contributed by atoms with Gasteiger partial charge in [0.1, 0.15) is 11.8 Å². The number of carbonyl (C=O) groups is 2. The van der Waals surface area contributed by atoms with Crippen molar-refractivity contribution in [2.75, 3.05) is 31.5 Å². The van der Waals surface area contributed by atoms with E-state index >= 15 is 0 Å². The van der Waals surface area contributed by atoms with Gasteiger partial charge in [0, 0.05) is 55.6 Å². The standard InChI is InChI=1S/C26H25ClN4O3/c27-19-8-9-23-21(16-19)29-25(20-5-1-2-6-22(20)34-23)26(33)31-14-12-30(13-15-31)24(32)10-7-18-4-3-11-28-17-18/h1-6,8-9,11,16-17,25,29H,7,10,12-15H2. The first-order valence-corrected chi connectivity index (χ1v) is 11.7. The van der Waals surface area contributed by atoms with E-state index in [2.05, 4.69) is 10.3 Å². The second-order valence-corrected chi connectivity index (χ2v) is 8.86. The maximum absolute atomic E-state index is 13.6. The van der Waals surface area contributed by atoms with Crippen LogP contribution in [0.3, 0.4) is 0 Å². The Balaban J connectivity index is 1.26. The van der Waals surface area contributed by atoms with Gasteiger partial charge in [0.2, 0.25) is 11.8 Å². The Kier molecular flexibility index (Phi) is 6.36. The second-order valence-electron chi connectivity index (χ2n) is 8.43. The highest BCUT2D eigenvalue weighted by Crippen LogP contribution is 2.41. The first kappa shape index (κ1) is 22.2. The van der Waals surface area contributed by atoms with Crippen LogP contribution < -0.4 is 10.1 Å². The summed E-state index contributed by atoms with van der Waals surface area (Å²) < 4.78 is 6.09. The molecule has 3 heterocycles. The van der Waals surface area contributed by atoms with Crippen molar-refractivity contribution in [1.82, 2.24) is 14.8 Å². The summed E-state index contributed by atoms with van der Waals surface area (Å²) in [7, 11) is 0. The summed E-state index contributed by atoms with van der Waals surface area (Å²) in [6.07, 6.45) is 4.61. The van der Waals surface area contributed by atoms with Gasteiger partial charge in [-0.1, -0.05) is 35.9 Å². The van der Waals surface area contributed by atoms with Crippen LogP contribution in [-0.2, 0) is 16.0 Å². The third-order valence-electron chi connectivity index (χ3n) is 6.23. The molecule has 174 valence electrons. The fraction of sp³-hybridized carbons (Fsp3) is 0.269. The van der Waals surface area contributed by atoms with Gasteiger partial charge in [-0.15, -0.1) is 0 Å². The fourth-order valence-corrected chi connectivity index (χ4v) is 4.55. The number of nitrogens with one attached hydrogen (secondary N) is 1. The molecule has 34 heavy (non-hydrogen) atoms. The molecule has 2 aliphatic heterocycles. The highest BCUT2D eigenvalue weighted by Gasteiger charge is 2.33. The molecular formula is C26H25ClN4O3. The van der Waals surface area contributed by atoms with E-state index in [1.807, 2.05) is 46.2 Å². The Labute approximate surface area is 203 Å². The lowest BCUT2D eigenvalue weighted by Crippen LogP contribution is -2.52. The van der Waals surface area contributed by atoms with E-state index in [0.29, 0.717) is 61.2 Å². The highest BCUT2D eigenvalue weighted by atomic mass is 35.5. The van der Waals surface area contributed by atoms with Crippen LogP contribution in [-0.4, -0.2) is 52.8 Å². The van der Waals surface area contributed by atoms with Crippen molar-refractivity contribution in [2.24, 2.45) is 0 Å². The molecular weight excluding hydrogens is 452 g/mol. The van der Waals surface area contributed by atoms with Crippen molar-refractivity contribution in [3.05, 3.63) is 83.1 Å². The highest BCUT2D eigenvalue weighted by molar-refractivity contribution is 6.31. The monoisotopic (exact) mass is 476 g/mol. The molecule has 0 radical (unpaired) electrons. The zero-order valence-corrected chi connectivity index (χ0v) is 19.4. The number of fused-ring (bicyclic) bond motifs is 2. The van der Waals surface area contributed by atoms with Gasteiger partial charge in [-0.3, -0.25) is 14.6 Å². The number of hydrogen-bond donors (Lipinski definition) is 1. The minimum atomic E-state index is -0.608. The molecule has 2 amide bonds. The average Bonchev–Trinajstić information content (AvgIpc) is 3.04. The summed E-state index contributed by atoms with van der Waals surface area (Å²) in [5.41, 5.74) is 2.49. The minimum Gasteiger partial charge on any atom is -0.455 e. The van der Waals surface area contributed by atoms with Crippen molar-refractivity contribution in [3.8, 4) is 11.5 Å². The van der Waals surface area contributed by atoms with Gasteiger partial charge in [-0.2, -0.15) is 0 Å². The molecule has 1 saturated heterocycles. The number of halogens is 1. The van der Waals surface area contributed by atoms with E-state index in [4.69, 9.17) is 16.3 Å². The molecule has 2 aromatic carbocycles. The molecule has 1 fully saturated rings. The average molecular weight is 477 g/mol. The van der Waals surface area contributed by atoms with Crippen LogP contribution in [0, 0.1) is 0 Å². The number of benzene rings is 2. The molecule has 1 atom stereocenters. The normalized spacial score (nSPS) is 17.0. The maximum Gasteiger partial charge on any atom is 0.249 e. The quantitative estimate of drug-likeness (QED) is 0.607. The van der Waals surface area contributed by atoms with Crippen LogP contribution in [0.25, 0.3) is 0 Å². The van der Waals surface area contributed by atoms with E-state index in [1.54, 1.807) is 30.6 Å². The molecule has 7 nitrogen and oxygen atoms in total. The summed E-state index contributed by atoms with van der Waals surface area (Å²) in [6, 6.07) is 16.1. The van der Waals surface area contributed by atoms with Crippen LogP contribution in [0.4, 0.5) is 5.69 Å². The number of aromatic nitrogens is 1. The fourth-order valence-electron chi connectivity index (χ4n) is 4.38. The Bertz CT molecular complexity index is 1200. The van der Waals surface area contributed by atoms with Gasteiger partial charge >= 0.3 is 0 Å². The molecule has 2 aliphatic rings. The molecule has 0 saturated carbocycles. The number of pyridine rings is 1. The maximum atomic E-state index is 13.6. The van der Waals surface area contributed by atoms with Gasteiger partial charge in [0.25, 0.3) is 0 Å². The van der Waals surface area contributed by atoms with Crippen LogP contribution >= 0.6 is 11.6 Å². The second kappa shape index (κ2) is 9.73. The molecule has 1 N–H and O–H groups in total. The topological polar surface area (TPSA) is 74.8 Å². The van der Waals surface area contributed by atoms with Crippen LogP contribution in [0.5, 0.6) is 11.5 Å². The number of ether oxygens (including phenoxy) is 1. The van der Waals surface area contributed by atoms with Crippen molar-refractivity contribution in [3.63, 3.8) is 0 Å². The number of anilines is 1. The lowest BCUT2D eigenvalue weighted by atomic mass is 10.0. The van der Waals surface area contributed by atoms with E-state index < -0.39 is 6.04 Å². The number of aryl methyl sites for hydroxylation is 1. The van der Waals surface area contributed by atoms with Gasteiger partial charge in [-0.05, 0) is 42.3 Å². The van der Waals surface area contributed by atoms with Crippen LogP contribution in [0.1, 0.15) is 23.6 Å². The smallest absolute Gasteiger partial charge is 0.249 e. The zero-order chi connectivity index (χ0) is 23.5. The number of rotatable bonds is 4. The van der Waals surface area contributed by atoms with Gasteiger partial charge in [-0.25, -0.2) is 0 Å². The SMILES string of the molecule is O=C(CCc1cccnc1)N1CCN(C(=O)C2Nc3cc(Cl)ccc3Oc3ccccc32)CC1. The summed E-state index contributed by atoms with van der Waals surface area (Å²) in [6.45, 7) is 2.01. The van der Waals surface area contributed by atoms with E-state index in [1.165, 1.54) is 0 Å². The molecule has 3 aromatic rings. The van der Waals surface area contributed by atoms with E-state index in [0.717, 1.165) is 11.1 Å². The molecule has 0 spiro atoms. The van der Waals surface area contributed by atoms with Crippen molar-refractivity contribution < 1.29 is 14.3 Å². The van der Waals surface area contributed by atoms with Gasteiger partial charge in [0.15, 0.2) is 5.75 Å². The van der Waals surface area contributed by atoms with Crippen LogP contribution in [0.2, 0.25) is 5.02 Å². The minimum absolute atomic E-state index is 0.0497. The number of hydrogen-bond acceptors (Lipinski definition) is 5. The predicted octanol–water partition coefficient (Wildman–Crippen LogP) is 4.30. The van der Waals surface area contributed by atoms with Crippen LogP contribution in [0.15, 0.2) is 67.0 Å². The lowest BCUT2D eigenvalue weighted by Gasteiger charge is -2.36. The summed E-state index contributed by atoms with van der Waals surface area (Å²) in [5.74, 6) is 1.31. The van der Waals surface area contributed by atoms with Gasteiger partial charge in [0.05, 0.1) is 5.69 Å². The Hall–Kier alpha value is -3.58. The first-order chi connectivity index (χ1) is 16.6. The predicted molar refractivity (Wildman–Crippen MR) is 130 cm³/mol. The molecule has 8 heteroatoms. The Morgan fingerprint density at radius 3 is 2.59 bits per heavy atom. The van der Waals surface area contributed by atoms with E-state index in [-0.39, 0.29) is 11.8 Å². The zero-order valence-electron chi connectivity index (χ0n) is 18.6. The molecule has 0 aliphatic carbocycles. The third-order valence-corrected chi connectivity index (χ3v) is 6.47. The summed E-state index contributed by atoms with van der Waals surface area (Å²) in [4.78, 5) is 34.1. The molecule has 0 bridgehead atoms. The summed E-state index contributed by atoms with van der Waals surface area (Å²) in [5, 5.41) is 3.90. The number of para-hydroxylation sites is 1. The number of piperazine rings is 1. The van der Waals surface area contributed by atoms with Crippen molar-refractivity contribution >= 4 is 29.1 Å². The first-order valence-electron chi connectivity index (χ1n) is 11.4. The lowest BCUT2D eigenvalue weighted by molar-refractivity contribution is -0.140. The number of carbonyl (C=O) groups excluding carboxylic acids is 2.